The topological polar surface area (TPSA) is 72.8 Å². The molecule has 3 aromatic rings. The van der Waals surface area contributed by atoms with Crippen molar-refractivity contribution in [1.29, 1.82) is 0 Å². The Balaban J connectivity index is 1.65. The minimum absolute atomic E-state index is 0.229. The van der Waals surface area contributed by atoms with E-state index < -0.39 is 17.9 Å². The van der Waals surface area contributed by atoms with Crippen molar-refractivity contribution in [3.63, 3.8) is 0 Å². The summed E-state index contributed by atoms with van der Waals surface area (Å²) in [7, 11) is 0. The first-order valence-corrected chi connectivity index (χ1v) is 9.15. The molecule has 6 nitrogen and oxygen atoms in total. The van der Waals surface area contributed by atoms with E-state index in [1.165, 1.54) is 6.07 Å². The Morgan fingerprint density at radius 3 is 2.69 bits per heavy atom. The summed E-state index contributed by atoms with van der Waals surface area (Å²) in [6.45, 7) is 3.51. The molecule has 10 heteroatoms. The van der Waals surface area contributed by atoms with Crippen LogP contribution in [0.3, 0.4) is 0 Å². The molecule has 2 heterocycles. The maximum atomic E-state index is 14.0. The lowest BCUT2D eigenvalue weighted by molar-refractivity contribution is -0.275. The van der Waals surface area contributed by atoms with Gasteiger partial charge in [-0.3, -0.25) is 4.79 Å². The number of aromatic amines is 1. The van der Waals surface area contributed by atoms with Gasteiger partial charge in [0, 0.05) is 5.92 Å². The highest BCUT2D eigenvalue weighted by Gasteiger charge is 2.33. The molecule has 1 aliphatic rings. The van der Waals surface area contributed by atoms with Gasteiger partial charge in [0.15, 0.2) is 17.2 Å². The second-order valence-corrected chi connectivity index (χ2v) is 7.32. The van der Waals surface area contributed by atoms with Gasteiger partial charge in [-0.2, -0.15) is 5.10 Å². The molecule has 1 aliphatic carbocycles. The summed E-state index contributed by atoms with van der Waals surface area (Å²) in [4.78, 5) is 19.6. The molecule has 0 bridgehead atoms. The summed E-state index contributed by atoms with van der Waals surface area (Å²) in [6.07, 6.45) is -2.75. The second-order valence-electron chi connectivity index (χ2n) is 7.32. The van der Waals surface area contributed by atoms with Crippen molar-refractivity contribution in [1.82, 2.24) is 19.7 Å². The number of aromatic nitrogens is 4. The van der Waals surface area contributed by atoms with Gasteiger partial charge in [0.05, 0.1) is 11.7 Å². The van der Waals surface area contributed by atoms with Crippen molar-refractivity contribution >= 4 is 11.0 Å². The molecule has 0 radical (unpaired) electrons. The maximum Gasteiger partial charge on any atom is 0.573 e. The van der Waals surface area contributed by atoms with E-state index >= 15 is 0 Å². The van der Waals surface area contributed by atoms with Gasteiger partial charge in [0.1, 0.15) is 11.2 Å². The van der Waals surface area contributed by atoms with E-state index in [9.17, 15) is 22.4 Å². The molecule has 1 N–H and O–H groups in total. The number of ether oxygens (including phenoxy) is 1. The third kappa shape index (κ3) is 3.96. The van der Waals surface area contributed by atoms with Crippen molar-refractivity contribution in [2.75, 3.05) is 0 Å². The lowest BCUT2D eigenvalue weighted by Crippen LogP contribution is -2.18. The molecule has 0 aliphatic heterocycles. The Hall–Kier alpha value is -2.91. The second kappa shape index (κ2) is 6.85. The smallest absolute Gasteiger partial charge is 0.403 e. The van der Waals surface area contributed by atoms with Crippen LogP contribution in [0.15, 0.2) is 23.0 Å². The van der Waals surface area contributed by atoms with Crippen LogP contribution < -0.4 is 10.3 Å². The third-order valence-electron chi connectivity index (χ3n) is 4.84. The van der Waals surface area contributed by atoms with Crippen LogP contribution in [-0.2, 0) is 6.42 Å². The number of alkyl halides is 3. The highest BCUT2D eigenvalue weighted by atomic mass is 19.4. The Bertz CT molecular complexity index is 1130. The third-order valence-corrected chi connectivity index (χ3v) is 4.84. The maximum absolute atomic E-state index is 14.0. The molecule has 4 rings (SSSR count). The first kappa shape index (κ1) is 19.4. The number of benzene rings is 1. The van der Waals surface area contributed by atoms with Gasteiger partial charge < -0.3 is 9.72 Å². The van der Waals surface area contributed by atoms with Crippen molar-refractivity contribution in [2.45, 2.75) is 51.4 Å². The SMILES string of the molecule is Cc1nc2c(c(C3CC3)nn2C(C)Cc2ccc(OC(F)(F)F)c(F)c2)c(=O)[nH]1. The van der Waals surface area contributed by atoms with Crippen molar-refractivity contribution < 1.29 is 22.3 Å². The predicted octanol–water partition coefficient (Wildman–Crippen LogP) is 4.15. The zero-order valence-corrected chi connectivity index (χ0v) is 15.7. The molecular formula is C19H18F4N4O2. The molecule has 2 aromatic heterocycles. The highest BCUT2D eigenvalue weighted by molar-refractivity contribution is 5.78. The number of halogens is 4. The Kier molecular flexibility index (Phi) is 4.59. The molecule has 0 saturated heterocycles. The summed E-state index contributed by atoms with van der Waals surface area (Å²) in [5, 5.41) is 5.07. The summed E-state index contributed by atoms with van der Waals surface area (Å²) in [6, 6.07) is 3.04. The molecule has 0 spiro atoms. The van der Waals surface area contributed by atoms with Crippen LogP contribution >= 0.6 is 0 Å². The molecular weight excluding hydrogens is 392 g/mol. The average Bonchev–Trinajstić information content (AvgIpc) is 3.37. The summed E-state index contributed by atoms with van der Waals surface area (Å²) >= 11 is 0. The standard InChI is InChI=1S/C19H18F4N4O2/c1-9(7-11-3-6-14(13(20)8-11)29-19(21,22)23)27-17-15(16(26-27)12-4-5-12)18(28)25-10(2)24-17/h3,6,8-9,12H,4-5,7H2,1-2H3,(H,24,25,28). The first-order chi connectivity index (χ1) is 13.6. The molecule has 1 saturated carbocycles. The number of H-pyrrole nitrogens is 1. The monoisotopic (exact) mass is 410 g/mol. The van der Waals surface area contributed by atoms with Crippen LogP contribution in [0, 0.1) is 12.7 Å². The van der Waals surface area contributed by atoms with E-state index in [0.29, 0.717) is 28.1 Å². The van der Waals surface area contributed by atoms with Gasteiger partial charge in [-0.05, 0) is 50.8 Å². The van der Waals surface area contributed by atoms with Crippen LogP contribution in [-0.4, -0.2) is 26.1 Å². The van der Waals surface area contributed by atoms with Crippen LogP contribution in [0.5, 0.6) is 5.75 Å². The number of hydrogen-bond acceptors (Lipinski definition) is 4. The molecule has 1 aromatic carbocycles. The van der Waals surface area contributed by atoms with Gasteiger partial charge >= 0.3 is 6.36 Å². The number of nitrogens with zero attached hydrogens (tertiary/aromatic N) is 3. The van der Waals surface area contributed by atoms with Gasteiger partial charge in [0.25, 0.3) is 5.56 Å². The minimum Gasteiger partial charge on any atom is -0.403 e. The van der Waals surface area contributed by atoms with E-state index in [4.69, 9.17) is 0 Å². The van der Waals surface area contributed by atoms with Crippen LogP contribution in [0.1, 0.15) is 48.8 Å². The molecule has 1 atom stereocenters. The van der Waals surface area contributed by atoms with Crippen molar-refractivity contribution in [3.8, 4) is 5.75 Å². The summed E-state index contributed by atoms with van der Waals surface area (Å²) in [5.74, 6) is -1.29. The van der Waals surface area contributed by atoms with Gasteiger partial charge in [-0.1, -0.05) is 6.07 Å². The minimum atomic E-state index is -4.96. The van der Waals surface area contributed by atoms with E-state index in [1.54, 1.807) is 11.6 Å². The number of aryl methyl sites for hydroxylation is 1. The normalized spacial score (nSPS) is 15.7. The summed E-state index contributed by atoms with van der Waals surface area (Å²) < 4.78 is 56.2. The van der Waals surface area contributed by atoms with Crippen LogP contribution in [0.4, 0.5) is 17.6 Å². The van der Waals surface area contributed by atoms with Gasteiger partial charge in [-0.15, -0.1) is 13.2 Å². The molecule has 1 unspecified atom stereocenters. The Morgan fingerprint density at radius 1 is 1.34 bits per heavy atom. The van der Waals surface area contributed by atoms with Crippen LogP contribution in [0.25, 0.3) is 11.0 Å². The molecule has 154 valence electrons. The van der Waals surface area contributed by atoms with E-state index in [-0.39, 0.29) is 23.9 Å². The fraction of sp³-hybridized carbons (Fsp3) is 0.421. The zero-order valence-electron chi connectivity index (χ0n) is 15.7. The largest absolute Gasteiger partial charge is 0.573 e. The molecule has 1 fully saturated rings. The van der Waals surface area contributed by atoms with E-state index in [1.807, 2.05) is 6.92 Å². The summed E-state index contributed by atoms with van der Waals surface area (Å²) in [5.41, 5.74) is 1.40. The molecule has 0 amide bonds. The first-order valence-electron chi connectivity index (χ1n) is 9.15. The zero-order chi connectivity index (χ0) is 20.9. The molecule has 29 heavy (non-hydrogen) atoms. The number of rotatable bonds is 5. The fourth-order valence-electron chi connectivity index (χ4n) is 3.44. The quantitative estimate of drug-likeness (QED) is 0.642. The van der Waals surface area contributed by atoms with Gasteiger partial charge in [-0.25, -0.2) is 14.1 Å². The lowest BCUT2D eigenvalue weighted by atomic mass is 10.1. The van der Waals surface area contributed by atoms with Crippen LogP contribution in [0.2, 0.25) is 0 Å². The lowest BCUT2D eigenvalue weighted by Gasteiger charge is -2.15. The van der Waals surface area contributed by atoms with E-state index in [0.717, 1.165) is 25.0 Å². The van der Waals surface area contributed by atoms with Gasteiger partial charge in [0.2, 0.25) is 0 Å². The average molecular weight is 410 g/mol. The van der Waals surface area contributed by atoms with E-state index in [2.05, 4.69) is 19.8 Å². The number of nitrogens with one attached hydrogen (secondary N) is 1. The predicted molar refractivity (Wildman–Crippen MR) is 96.4 cm³/mol. The highest BCUT2D eigenvalue weighted by Crippen LogP contribution is 2.42. The Morgan fingerprint density at radius 2 is 2.07 bits per heavy atom. The number of hydrogen-bond donors (Lipinski definition) is 1. The fourth-order valence-corrected chi connectivity index (χ4v) is 3.44. The van der Waals surface area contributed by atoms with Crippen molar-refractivity contribution in [3.05, 3.63) is 51.5 Å². The van der Waals surface area contributed by atoms with Crippen molar-refractivity contribution in [2.24, 2.45) is 0 Å². The Labute approximate surface area is 162 Å². The number of fused-ring (bicyclic) bond motifs is 1.